The summed E-state index contributed by atoms with van der Waals surface area (Å²) in [6.07, 6.45) is 25.8. The number of phosphoric ester groups is 1. The van der Waals surface area contributed by atoms with Gasteiger partial charge < -0.3 is 39.9 Å². The normalized spacial score (nSPS) is 21.9. The summed E-state index contributed by atoms with van der Waals surface area (Å²) in [4.78, 5) is 35.7. The lowest BCUT2D eigenvalue weighted by Gasteiger charge is -2.41. The lowest BCUT2D eigenvalue weighted by molar-refractivity contribution is -0.220. The molecule has 0 aromatic rings. The number of phosphoric acid groups is 1. The fraction of sp³-hybridized carbons (Fsp3) is 0.957. The van der Waals surface area contributed by atoms with Crippen LogP contribution >= 0.6 is 7.82 Å². The minimum Gasteiger partial charge on any atom is -0.462 e. The van der Waals surface area contributed by atoms with Gasteiger partial charge in [0.2, 0.25) is 0 Å². The second kappa shape index (κ2) is 38.2. The maximum atomic E-state index is 12.8. The molecule has 13 nitrogen and oxygen atoms in total. The number of esters is 2. The standard InChI is InChI=1S/C47H91O13P/c1-3-5-7-9-11-13-15-17-18-19-20-21-22-24-26-28-30-32-34-36-41(49)59-39(38-58-61(55,56)60-47-45(53)43(51)42(50)44(52)46(47)54)37-57-40(48)35-33-31-29-27-25-23-16-14-12-10-8-6-4-2/h39,42-47,50-54H,3-38H2,1-2H3,(H,55,56). The number of carbonyl (C=O) groups excluding carboxylic acids is 2. The molecule has 61 heavy (non-hydrogen) atoms. The minimum absolute atomic E-state index is 0.105. The van der Waals surface area contributed by atoms with Crippen molar-refractivity contribution in [2.24, 2.45) is 0 Å². The minimum atomic E-state index is -5.11. The van der Waals surface area contributed by atoms with Gasteiger partial charge in [0.05, 0.1) is 6.61 Å². The number of rotatable bonds is 42. The Hall–Kier alpha value is -1.15. The van der Waals surface area contributed by atoms with Crippen molar-refractivity contribution < 1.29 is 63.1 Å². The third kappa shape index (κ3) is 30.6. The predicted molar refractivity (Wildman–Crippen MR) is 240 cm³/mol. The zero-order chi connectivity index (χ0) is 45.0. The van der Waals surface area contributed by atoms with Crippen LogP contribution in [0.4, 0.5) is 0 Å². The molecule has 6 unspecified atom stereocenters. The van der Waals surface area contributed by atoms with Crippen molar-refractivity contribution in [3.8, 4) is 0 Å². The Labute approximate surface area is 370 Å². The molecule has 14 heteroatoms. The van der Waals surface area contributed by atoms with Crippen LogP contribution in [0.5, 0.6) is 0 Å². The number of hydrogen-bond donors (Lipinski definition) is 6. The van der Waals surface area contributed by atoms with Crippen LogP contribution in [0.3, 0.4) is 0 Å². The highest BCUT2D eigenvalue weighted by Gasteiger charge is 2.51. The average molecular weight is 895 g/mol. The second-order valence-corrected chi connectivity index (χ2v) is 19.1. The van der Waals surface area contributed by atoms with E-state index < -0.39 is 75.7 Å². The lowest BCUT2D eigenvalue weighted by atomic mass is 9.85. The van der Waals surface area contributed by atoms with E-state index in [1.807, 2.05) is 0 Å². The highest BCUT2D eigenvalue weighted by Crippen LogP contribution is 2.47. The first-order valence-electron chi connectivity index (χ1n) is 24.8. The monoisotopic (exact) mass is 895 g/mol. The molecule has 1 rings (SSSR count). The highest BCUT2D eigenvalue weighted by molar-refractivity contribution is 7.47. The van der Waals surface area contributed by atoms with Crippen LogP contribution in [-0.4, -0.2) is 98.3 Å². The molecular formula is C47H91O13P. The maximum absolute atomic E-state index is 12.8. The van der Waals surface area contributed by atoms with E-state index >= 15 is 0 Å². The molecule has 1 saturated carbocycles. The van der Waals surface area contributed by atoms with Gasteiger partial charge in [-0.05, 0) is 12.8 Å². The average Bonchev–Trinajstić information content (AvgIpc) is 3.24. The van der Waals surface area contributed by atoms with Gasteiger partial charge in [-0.25, -0.2) is 4.57 Å². The molecule has 1 aliphatic carbocycles. The van der Waals surface area contributed by atoms with Gasteiger partial charge in [0.15, 0.2) is 6.10 Å². The molecule has 6 N–H and O–H groups in total. The Balaban J connectivity index is 2.39. The topological polar surface area (TPSA) is 210 Å². The van der Waals surface area contributed by atoms with Gasteiger partial charge in [0, 0.05) is 12.8 Å². The highest BCUT2D eigenvalue weighted by atomic mass is 31.2. The van der Waals surface area contributed by atoms with E-state index in [-0.39, 0.29) is 12.8 Å². The van der Waals surface area contributed by atoms with Crippen molar-refractivity contribution in [1.82, 2.24) is 0 Å². The van der Waals surface area contributed by atoms with E-state index in [1.54, 1.807) is 0 Å². The zero-order valence-electron chi connectivity index (χ0n) is 38.5. The van der Waals surface area contributed by atoms with E-state index in [0.29, 0.717) is 12.8 Å². The van der Waals surface area contributed by atoms with Crippen LogP contribution in [0.15, 0.2) is 0 Å². The Morgan fingerprint density at radius 1 is 0.443 bits per heavy atom. The van der Waals surface area contributed by atoms with Gasteiger partial charge in [-0.1, -0.05) is 206 Å². The molecule has 0 aliphatic heterocycles. The summed E-state index contributed by atoms with van der Waals surface area (Å²) in [5.74, 6) is -1.08. The Morgan fingerprint density at radius 3 is 1.08 bits per heavy atom. The number of ether oxygens (including phenoxy) is 2. The van der Waals surface area contributed by atoms with E-state index in [9.17, 15) is 44.6 Å². The third-order valence-corrected chi connectivity index (χ3v) is 12.9. The van der Waals surface area contributed by atoms with Crippen LogP contribution < -0.4 is 0 Å². The Morgan fingerprint density at radius 2 is 0.738 bits per heavy atom. The first-order valence-corrected chi connectivity index (χ1v) is 26.3. The predicted octanol–water partition coefficient (Wildman–Crippen LogP) is 10.1. The number of aliphatic hydroxyl groups is 5. The molecule has 0 aromatic carbocycles. The molecule has 0 aromatic heterocycles. The summed E-state index contributed by atoms with van der Waals surface area (Å²) in [5.41, 5.74) is 0. The van der Waals surface area contributed by atoms with Gasteiger partial charge in [0.1, 0.15) is 43.2 Å². The van der Waals surface area contributed by atoms with Crippen LogP contribution in [-0.2, 0) is 32.7 Å². The van der Waals surface area contributed by atoms with Gasteiger partial charge in [0.25, 0.3) is 0 Å². The molecule has 0 bridgehead atoms. The molecule has 0 radical (unpaired) electrons. The largest absolute Gasteiger partial charge is 0.472 e. The second-order valence-electron chi connectivity index (χ2n) is 17.7. The quantitative estimate of drug-likeness (QED) is 0.0192. The summed E-state index contributed by atoms with van der Waals surface area (Å²) in [7, 11) is -5.11. The molecule has 0 saturated heterocycles. The van der Waals surface area contributed by atoms with Crippen LogP contribution in [0.25, 0.3) is 0 Å². The molecule has 1 aliphatic rings. The van der Waals surface area contributed by atoms with E-state index in [4.69, 9.17) is 18.5 Å². The van der Waals surface area contributed by atoms with Crippen molar-refractivity contribution in [2.45, 2.75) is 275 Å². The van der Waals surface area contributed by atoms with Gasteiger partial charge >= 0.3 is 19.8 Å². The summed E-state index contributed by atoms with van der Waals surface area (Å²) < 4.78 is 33.6. The molecule has 0 amide bonds. The third-order valence-electron chi connectivity index (χ3n) is 11.9. The van der Waals surface area contributed by atoms with Crippen LogP contribution in [0.1, 0.15) is 232 Å². The van der Waals surface area contributed by atoms with E-state index in [1.165, 1.54) is 154 Å². The summed E-state index contributed by atoms with van der Waals surface area (Å²) in [5, 5.41) is 50.2. The van der Waals surface area contributed by atoms with Crippen molar-refractivity contribution in [3.63, 3.8) is 0 Å². The van der Waals surface area contributed by atoms with Gasteiger partial charge in [-0.3, -0.25) is 18.6 Å². The SMILES string of the molecule is CCCCCCCCCCCCCCCCCCCCCC(=O)OC(COC(=O)CCCCCCCCCCCCCCC)COP(=O)(O)OC1C(O)C(O)C(O)C(O)C1O. The van der Waals surface area contributed by atoms with Gasteiger partial charge in [-0.15, -0.1) is 0 Å². The van der Waals surface area contributed by atoms with Gasteiger partial charge in [-0.2, -0.15) is 0 Å². The molecule has 362 valence electrons. The molecule has 0 spiro atoms. The summed E-state index contributed by atoms with van der Waals surface area (Å²) >= 11 is 0. The van der Waals surface area contributed by atoms with Crippen LogP contribution in [0.2, 0.25) is 0 Å². The first-order chi connectivity index (χ1) is 29.4. The van der Waals surface area contributed by atoms with E-state index in [2.05, 4.69) is 13.8 Å². The number of unbranched alkanes of at least 4 members (excludes halogenated alkanes) is 30. The number of aliphatic hydroxyl groups excluding tert-OH is 5. The smallest absolute Gasteiger partial charge is 0.462 e. The Bertz CT molecular complexity index is 1080. The van der Waals surface area contributed by atoms with Crippen molar-refractivity contribution in [1.29, 1.82) is 0 Å². The maximum Gasteiger partial charge on any atom is 0.472 e. The number of carbonyl (C=O) groups is 2. The van der Waals surface area contributed by atoms with Crippen LogP contribution in [0, 0.1) is 0 Å². The first kappa shape index (κ1) is 57.9. The molecular weight excluding hydrogens is 803 g/mol. The zero-order valence-corrected chi connectivity index (χ0v) is 39.4. The fourth-order valence-electron chi connectivity index (χ4n) is 7.94. The van der Waals surface area contributed by atoms with Crippen molar-refractivity contribution in [3.05, 3.63) is 0 Å². The molecule has 1 fully saturated rings. The fourth-order valence-corrected chi connectivity index (χ4v) is 8.91. The summed E-state index contributed by atoms with van der Waals surface area (Å²) in [6.45, 7) is 3.33. The Kier molecular flexibility index (Phi) is 36.2. The summed E-state index contributed by atoms with van der Waals surface area (Å²) in [6, 6.07) is 0. The van der Waals surface area contributed by atoms with E-state index in [0.717, 1.165) is 38.5 Å². The van der Waals surface area contributed by atoms with Crippen molar-refractivity contribution >= 4 is 19.8 Å². The number of hydrogen-bond acceptors (Lipinski definition) is 12. The van der Waals surface area contributed by atoms with Crippen molar-refractivity contribution in [2.75, 3.05) is 13.2 Å². The lowest BCUT2D eigenvalue weighted by Crippen LogP contribution is -2.64. The molecule has 6 atom stereocenters. The molecule has 0 heterocycles.